The molecule has 2 heterocycles. The van der Waals surface area contributed by atoms with Crippen molar-refractivity contribution in [3.8, 4) is 0 Å². The first-order chi connectivity index (χ1) is 12.9. The summed E-state index contributed by atoms with van der Waals surface area (Å²) in [5.74, 6) is 0.276. The van der Waals surface area contributed by atoms with Gasteiger partial charge in [-0.1, -0.05) is 37.6 Å². The molecule has 0 bridgehead atoms. The molecule has 0 unspecified atom stereocenters. The maximum Gasteiger partial charge on any atom is 0.414 e. The van der Waals surface area contributed by atoms with E-state index in [0.29, 0.717) is 19.0 Å². The molecule has 3 rings (SSSR count). The fraction of sp³-hybridized carbons (Fsp3) is 0.368. The summed E-state index contributed by atoms with van der Waals surface area (Å²) in [6, 6.07) is 7.12. The van der Waals surface area contributed by atoms with Gasteiger partial charge in [0.15, 0.2) is 0 Å². The van der Waals surface area contributed by atoms with E-state index in [1.54, 1.807) is 4.90 Å². The Hall–Kier alpha value is -2.67. The predicted octanol–water partition coefficient (Wildman–Crippen LogP) is 3.70. The van der Waals surface area contributed by atoms with Crippen molar-refractivity contribution in [2.75, 3.05) is 18.1 Å². The van der Waals surface area contributed by atoms with Crippen LogP contribution in [0.2, 0.25) is 5.02 Å². The van der Waals surface area contributed by atoms with E-state index in [2.05, 4.69) is 15.3 Å². The summed E-state index contributed by atoms with van der Waals surface area (Å²) in [6.45, 7) is 6.64. The second-order valence-corrected chi connectivity index (χ2v) is 7.04. The Morgan fingerprint density at radius 1 is 1.33 bits per heavy atom. The van der Waals surface area contributed by atoms with Crippen LogP contribution >= 0.6 is 11.6 Å². The molecule has 1 aliphatic rings. The summed E-state index contributed by atoms with van der Waals surface area (Å²) in [6.07, 6.45) is 1.08. The summed E-state index contributed by atoms with van der Waals surface area (Å²) in [5.41, 5.74) is 1.74. The zero-order chi connectivity index (χ0) is 19.6. The average Bonchev–Trinajstić information content (AvgIpc) is 3.07. The van der Waals surface area contributed by atoms with Crippen molar-refractivity contribution < 1.29 is 14.3 Å². The number of ether oxygens (including phenoxy) is 1. The van der Waals surface area contributed by atoms with Gasteiger partial charge in [-0.05, 0) is 24.6 Å². The summed E-state index contributed by atoms with van der Waals surface area (Å²) in [4.78, 5) is 34.4. The van der Waals surface area contributed by atoms with Crippen LogP contribution < -0.4 is 10.2 Å². The minimum atomic E-state index is -0.372. The molecule has 1 aromatic carbocycles. The zero-order valence-corrected chi connectivity index (χ0v) is 16.2. The van der Waals surface area contributed by atoms with Crippen LogP contribution in [0.4, 0.5) is 10.5 Å². The standard InChI is InChI=1S/C19H21ClN4O3/c1-11(2)17-21-10-15(20)16(23-17)18(25)22-12(3)13-5-4-6-14(9-13)24-7-8-27-19(24)26/h4-6,9-12H,7-8H2,1-3H3,(H,22,25)/t12-/m1/s1. The Morgan fingerprint density at radius 3 is 2.78 bits per heavy atom. The number of rotatable bonds is 5. The number of carbonyl (C=O) groups excluding carboxylic acids is 2. The van der Waals surface area contributed by atoms with Crippen LogP contribution in [-0.4, -0.2) is 35.1 Å². The lowest BCUT2D eigenvalue weighted by atomic mass is 10.1. The van der Waals surface area contributed by atoms with Crippen LogP contribution in [0.5, 0.6) is 0 Å². The van der Waals surface area contributed by atoms with Crippen LogP contribution in [0.25, 0.3) is 0 Å². The first kappa shape index (κ1) is 19.1. The quantitative estimate of drug-likeness (QED) is 0.844. The molecule has 1 N–H and O–H groups in total. The minimum absolute atomic E-state index is 0.0862. The van der Waals surface area contributed by atoms with Crippen LogP contribution in [0.15, 0.2) is 30.5 Å². The van der Waals surface area contributed by atoms with Crippen molar-refractivity contribution in [2.24, 2.45) is 0 Å². The lowest BCUT2D eigenvalue weighted by Crippen LogP contribution is -2.29. The second kappa shape index (κ2) is 7.92. The summed E-state index contributed by atoms with van der Waals surface area (Å²) < 4.78 is 4.97. The number of hydrogen-bond acceptors (Lipinski definition) is 5. The number of amides is 2. The number of nitrogens with zero attached hydrogens (tertiary/aromatic N) is 3. The molecule has 2 aromatic rings. The van der Waals surface area contributed by atoms with Gasteiger partial charge in [0.05, 0.1) is 23.8 Å². The number of aromatic nitrogens is 2. The molecule has 1 atom stereocenters. The van der Waals surface area contributed by atoms with Crippen LogP contribution in [0, 0.1) is 0 Å². The third kappa shape index (κ3) is 4.19. The zero-order valence-electron chi connectivity index (χ0n) is 15.4. The molecule has 1 aromatic heterocycles. The first-order valence-electron chi connectivity index (χ1n) is 8.74. The third-order valence-electron chi connectivity index (χ3n) is 4.28. The monoisotopic (exact) mass is 388 g/mol. The molecule has 0 saturated carbocycles. The van der Waals surface area contributed by atoms with Gasteiger partial charge in [0.1, 0.15) is 18.1 Å². The van der Waals surface area contributed by atoms with Crippen molar-refractivity contribution in [1.29, 1.82) is 0 Å². The smallest absolute Gasteiger partial charge is 0.414 e. The Morgan fingerprint density at radius 2 is 2.11 bits per heavy atom. The topological polar surface area (TPSA) is 84.4 Å². The van der Waals surface area contributed by atoms with Gasteiger partial charge in [0.25, 0.3) is 5.91 Å². The molecular formula is C19H21ClN4O3. The highest BCUT2D eigenvalue weighted by Crippen LogP contribution is 2.24. The molecule has 1 saturated heterocycles. The number of hydrogen-bond donors (Lipinski definition) is 1. The molecule has 1 aliphatic heterocycles. The Kier molecular flexibility index (Phi) is 5.60. The average molecular weight is 389 g/mol. The lowest BCUT2D eigenvalue weighted by molar-refractivity contribution is 0.0934. The summed E-state index contributed by atoms with van der Waals surface area (Å²) >= 11 is 6.11. The van der Waals surface area contributed by atoms with Gasteiger partial charge in [-0.25, -0.2) is 14.8 Å². The highest BCUT2D eigenvalue weighted by atomic mass is 35.5. The number of halogens is 1. The van der Waals surface area contributed by atoms with Crippen LogP contribution in [0.3, 0.4) is 0 Å². The van der Waals surface area contributed by atoms with E-state index < -0.39 is 0 Å². The van der Waals surface area contributed by atoms with Gasteiger partial charge in [-0.15, -0.1) is 0 Å². The summed E-state index contributed by atoms with van der Waals surface area (Å²) in [7, 11) is 0. The van der Waals surface area contributed by atoms with E-state index in [1.165, 1.54) is 6.20 Å². The molecule has 27 heavy (non-hydrogen) atoms. The number of cyclic esters (lactones) is 1. The molecule has 142 valence electrons. The van der Waals surface area contributed by atoms with Gasteiger partial charge in [-0.3, -0.25) is 9.69 Å². The maximum atomic E-state index is 12.6. The number of anilines is 1. The van der Waals surface area contributed by atoms with Crippen LogP contribution in [-0.2, 0) is 4.74 Å². The molecule has 0 aliphatic carbocycles. The first-order valence-corrected chi connectivity index (χ1v) is 9.12. The van der Waals surface area contributed by atoms with Crippen molar-refractivity contribution >= 4 is 29.3 Å². The van der Waals surface area contributed by atoms with E-state index in [1.807, 2.05) is 45.0 Å². The van der Waals surface area contributed by atoms with E-state index in [0.717, 1.165) is 11.3 Å². The van der Waals surface area contributed by atoms with Crippen molar-refractivity contribution in [2.45, 2.75) is 32.7 Å². The van der Waals surface area contributed by atoms with Crippen molar-refractivity contribution in [3.05, 3.63) is 52.6 Å². The summed E-state index contributed by atoms with van der Waals surface area (Å²) in [5, 5.41) is 3.11. The second-order valence-electron chi connectivity index (χ2n) is 6.64. The van der Waals surface area contributed by atoms with Gasteiger partial charge < -0.3 is 10.1 Å². The molecule has 1 fully saturated rings. The molecule has 2 amide bonds. The SMILES string of the molecule is CC(C)c1ncc(Cl)c(C(=O)N[C@H](C)c2cccc(N3CCOC3=O)c2)n1. The van der Waals surface area contributed by atoms with Crippen molar-refractivity contribution in [3.63, 3.8) is 0 Å². The maximum absolute atomic E-state index is 12.6. The van der Waals surface area contributed by atoms with E-state index in [-0.39, 0.29) is 34.7 Å². The fourth-order valence-corrected chi connectivity index (χ4v) is 2.93. The highest BCUT2D eigenvalue weighted by Gasteiger charge is 2.24. The Bertz CT molecular complexity index is 872. The van der Waals surface area contributed by atoms with Crippen LogP contribution in [0.1, 0.15) is 54.6 Å². The third-order valence-corrected chi connectivity index (χ3v) is 4.56. The lowest BCUT2D eigenvalue weighted by Gasteiger charge is -2.18. The normalized spacial score (nSPS) is 15.0. The Labute approximate surface area is 162 Å². The molecule has 7 nitrogen and oxygen atoms in total. The van der Waals surface area contributed by atoms with Gasteiger partial charge in [0, 0.05) is 11.6 Å². The van der Waals surface area contributed by atoms with Gasteiger partial charge in [-0.2, -0.15) is 0 Å². The highest BCUT2D eigenvalue weighted by molar-refractivity contribution is 6.33. The molecule has 8 heteroatoms. The molecular weight excluding hydrogens is 368 g/mol. The number of nitrogens with one attached hydrogen (secondary N) is 1. The largest absolute Gasteiger partial charge is 0.447 e. The molecule has 0 spiro atoms. The number of benzene rings is 1. The van der Waals surface area contributed by atoms with E-state index in [4.69, 9.17) is 16.3 Å². The van der Waals surface area contributed by atoms with Gasteiger partial charge in [0.2, 0.25) is 0 Å². The Balaban J connectivity index is 1.77. The number of carbonyl (C=O) groups is 2. The predicted molar refractivity (Wildman–Crippen MR) is 102 cm³/mol. The minimum Gasteiger partial charge on any atom is -0.447 e. The van der Waals surface area contributed by atoms with Crippen molar-refractivity contribution in [1.82, 2.24) is 15.3 Å². The fourth-order valence-electron chi connectivity index (χ4n) is 2.76. The van der Waals surface area contributed by atoms with E-state index >= 15 is 0 Å². The molecule has 0 radical (unpaired) electrons. The van der Waals surface area contributed by atoms with Gasteiger partial charge >= 0.3 is 6.09 Å². The van der Waals surface area contributed by atoms with E-state index in [9.17, 15) is 9.59 Å².